The predicted octanol–water partition coefficient (Wildman–Crippen LogP) is 1.00. The van der Waals surface area contributed by atoms with Crippen LogP contribution in [0.3, 0.4) is 0 Å². The smallest absolute Gasteiger partial charge is 0.315 e. The molecule has 4 N–H and O–H groups in total. The van der Waals surface area contributed by atoms with Crippen molar-refractivity contribution in [3.63, 3.8) is 0 Å². The molecule has 2 atom stereocenters. The van der Waals surface area contributed by atoms with Crippen molar-refractivity contribution in [2.24, 2.45) is 17.4 Å². The number of urea groups is 1. The molecule has 3 amide bonds. The molecule has 1 aliphatic heterocycles. The molecular formula is C13H17N3O2. The minimum absolute atomic E-state index is 0.157. The molecule has 1 aromatic rings. The predicted molar refractivity (Wildman–Crippen MR) is 67.4 cm³/mol. The first-order valence-corrected chi connectivity index (χ1v) is 6.00. The molecule has 2 unspecified atom stereocenters. The van der Waals surface area contributed by atoms with Crippen LogP contribution in [0.1, 0.15) is 24.4 Å². The summed E-state index contributed by atoms with van der Waals surface area (Å²) >= 11 is 0. The van der Waals surface area contributed by atoms with E-state index in [1.54, 1.807) is 4.90 Å². The molecule has 1 heterocycles. The quantitative estimate of drug-likeness (QED) is 0.816. The highest BCUT2D eigenvalue weighted by Crippen LogP contribution is 2.33. The molecule has 5 nitrogen and oxygen atoms in total. The lowest BCUT2D eigenvalue weighted by Gasteiger charge is -2.37. The van der Waals surface area contributed by atoms with Crippen LogP contribution in [0.4, 0.5) is 4.79 Å². The Labute approximate surface area is 106 Å². The monoisotopic (exact) mass is 247 g/mol. The first-order valence-electron chi connectivity index (χ1n) is 6.00. The van der Waals surface area contributed by atoms with Gasteiger partial charge in [-0.15, -0.1) is 0 Å². The number of amides is 3. The van der Waals surface area contributed by atoms with Crippen molar-refractivity contribution in [2.75, 3.05) is 6.54 Å². The molecule has 18 heavy (non-hydrogen) atoms. The number of hydrogen-bond acceptors (Lipinski definition) is 2. The van der Waals surface area contributed by atoms with Crippen LogP contribution in [0.25, 0.3) is 0 Å². The van der Waals surface area contributed by atoms with Gasteiger partial charge in [-0.2, -0.15) is 0 Å². The molecule has 5 heteroatoms. The Morgan fingerprint density at radius 3 is 2.39 bits per heavy atom. The number of carbonyl (C=O) groups is 2. The summed E-state index contributed by atoms with van der Waals surface area (Å²) in [4.78, 5) is 24.3. The Bertz CT molecular complexity index is 447. The minimum atomic E-state index is -0.452. The Morgan fingerprint density at radius 2 is 1.83 bits per heavy atom. The zero-order chi connectivity index (χ0) is 13.1. The number of rotatable bonds is 2. The lowest BCUT2D eigenvalue weighted by molar-refractivity contribution is -0.123. The summed E-state index contributed by atoms with van der Waals surface area (Å²) < 4.78 is 0. The van der Waals surface area contributed by atoms with Crippen LogP contribution >= 0.6 is 0 Å². The van der Waals surface area contributed by atoms with Crippen LogP contribution in [-0.4, -0.2) is 23.4 Å². The molecule has 96 valence electrons. The summed E-state index contributed by atoms with van der Waals surface area (Å²) in [5.41, 5.74) is 11.7. The van der Waals surface area contributed by atoms with E-state index >= 15 is 0 Å². The van der Waals surface area contributed by atoms with E-state index in [9.17, 15) is 9.59 Å². The van der Waals surface area contributed by atoms with Gasteiger partial charge in [0.2, 0.25) is 5.91 Å². The van der Waals surface area contributed by atoms with E-state index in [2.05, 4.69) is 0 Å². The van der Waals surface area contributed by atoms with E-state index in [-0.39, 0.29) is 17.9 Å². The van der Waals surface area contributed by atoms with Crippen molar-refractivity contribution in [2.45, 2.75) is 18.9 Å². The molecule has 0 aromatic heterocycles. The van der Waals surface area contributed by atoms with Gasteiger partial charge < -0.3 is 16.4 Å². The van der Waals surface area contributed by atoms with Gasteiger partial charge in [-0.25, -0.2) is 4.79 Å². The molecule has 0 aliphatic carbocycles. The third-order valence-electron chi connectivity index (χ3n) is 3.47. The second-order valence-corrected chi connectivity index (χ2v) is 4.58. The average Bonchev–Trinajstić information content (AvgIpc) is 2.39. The fourth-order valence-electron chi connectivity index (χ4n) is 2.48. The van der Waals surface area contributed by atoms with Gasteiger partial charge in [-0.1, -0.05) is 30.3 Å². The normalized spacial score (nSPS) is 23.7. The van der Waals surface area contributed by atoms with Crippen LogP contribution in [0, 0.1) is 5.92 Å². The number of nitrogens with zero attached hydrogens (tertiary/aromatic N) is 1. The highest BCUT2D eigenvalue weighted by Gasteiger charge is 2.33. The van der Waals surface area contributed by atoms with Gasteiger partial charge in [0.15, 0.2) is 0 Å². The second-order valence-electron chi connectivity index (χ2n) is 4.58. The highest BCUT2D eigenvalue weighted by molar-refractivity contribution is 5.78. The number of primary amides is 2. The summed E-state index contributed by atoms with van der Waals surface area (Å²) in [6.45, 7) is 0.475. The van der Waals surface area contributed by atoms with E-state index in [1.807, 2.05) is 30.3 Å². The van der Waals surface area contributed by atoms with Crippen molar-refractivity contribution in [1.29, 1.82) is 0 Å². The van der Waals surface area contributed by atoms with E-state index < -0.39 is 6.03 Å². The summed E-state index contributed by atoms with van der Waals surface area (Å²) in [6, 6.07) is 8.98. The Hall–Kier alpha value is -2.04. The van der Waals surface area contributed by atoms with Gasteiger partial charge in [0.05, 0.1) is 6.04 Å². The van der Waals surface area contributed by atoms with Crippen molar-refractivity contribution in [3.05, 3.63) is 35.9 Å². The molecule has 1 aliphatic rings. The minimum Gasteiger partial charge on any atom is -0.369 e. The van der Waals surface area contributed by atoms with Crippen LogP contribution in [0.5, 0.6) is 0 Å². The van der Waals surface area contributed by atoms with Gasteiger partial charge in [0, 0.05) is 12.5 Å². The Kier molecular flexibility index (Phi) is 3.50. The summed E-state index contributed by atoms with van der Waals surface area (Å²) in [6.07, 6.45) is 1.13. The molecular weight excluding hydrogens is 230 g/mol. The number of carbonyl (C=O) groups excluding carboxylic acids is 2. The fraction of sp³-hybridized carbons (Fsp3) is 0.385. The molecule has 0 radical (unpaired) electrons. The van der Waals surface area contributed by atoms with Gasteiger partial charge in [-0.05, 0) is 18.4 Å². The lowest BCUT2D eigenvalue weighted by atomic mass is 9.87. The average molecular weight is 247 g/mol. The van der Waals surface area contributed by atoms with Gasteiger partial charge >= 0.3 is 6.03 Å². The number of piperidine rings is 1. The molecule has 1 aromatic carbocycles. The van der Waals surface area contributed by atoms with Crippen LogP contribution in [0.2, 0.25) is 0 Å². The second kappa shape index (κ2) is 5.08. The van der Waals surface area contributed by atoms with Gasteiger partial charge in [0.25, 0.3) is 0 Å². The summed E-state index contributed by atoms with van der Waals surface area (Å²) in [5.74, 6) is -0.495. The zero-order valence-corrected chi connectivity index (χ0v) is 10.1. The maximum Gasteiger partial charge on any atom is 0.315 e. The molecule has 1 saturated heterocycles. The molecule has 0 spiro atoms. The fourth-order valence-corrected chi connectivity index (χ4v) is 2.48. The molecule has 1 fully saturated rings. The highest BCUT2D eigenvalue weighted by atomic mass is 16.2. The van der Waals surface area contributed by atoms with Gasteiger partial charge in [-0.3, -0.25) is 4.79 Å². The number of likely N-dealkylation sites (tertiary alicyclic amines) is 1. The third-order valence-corrected chi connectivity index (χ3v) is 3.47. The Balaban J connectivity index is 2.25. The van der Waals surface area contributed by atoms with E-state index in [0.29, 0.717) is 19.4 Å². The first kappa shape index (κ1) is 12.4. The van der Waals surface area contributed by atoms with Gasteiger partial charge in [0.1, 0.15) is 0 Å². The maximum absolute atomic E-state index is 11.4. The van der Waals surface area contributed by atoms with E-state index in [4.69, 9.17) is 11.5 Å². The standard InChI is InChI=1S/C13H17N3O2/c14-12(17)10-6-7-16(13(15)18)11(8-10)9-4-2-1-3-5-9/h1-5,10-11H,6-8H2,(H2,14,17)(H2,15,18). The molecule has 0 saturated carbocycles. The topological polar surface area (TPSA) is 89.4 Å². The lowest BCUT2D eigenvalue weighted by Crippen LogP contribution is -2.46. The number of benzene rings is 1. The molecule has 2 rings (SSSR count). The van der Waals surface area contributed by atoms with E-state index in [1.165, 1.54) is 0 Å². The Morgan fingerprint density at radius 1 is 1.17 bits per heavy atom. The maximum atomic E-state index is 11.4. The molecule has 0 bridgehead atoms. The van der Waals surface area contributed by atoms with E-state index in [0.717, 1.165) is 5.56 Å². The summed E-state index contributed by atoms with van der Waals surface area (Å²) in [7, 11) is 0. The summed E-state index contributed by atoms with van der Waals surface area (Å²) in [5, 5.41) is 0. The first-order chi connectivity index (χ1) is 8.59. The zero-order valence-electron chi connectivity index (χ0n) is 10.1. The van der Waals surface area contributed by atoms with Crippen molar-refractivity contribution >= 4 is 11.9 Å². The SMILES string of the molecule is NC(=O)C1CCN(C(N)=O)C(c2ccccc2)C1. The van der Waals surface area contributed by atoms with Crippen molar-refractivity contribution in [1.82, 2.24) is 4.90 Å². The van der Waals surface area contributed by atoms with Crippen LogP contribution in [-0.2, 0) is 4.79 Å². The largest absolute Gasteiger partial charge is 0.369 e. The van der Waals surface area contributed by atoms with Crippen LogP contribution < -0.4 is 11.5 Å². The number of hydrogen-bond donors (Lipinski definition) is 2. The third kappa shape index (κ3) is 2.45. The van der Waals surface area contributed by atoms with Crippen LogP contribution in [0.15, 0.2) is 30.3 Å². The van der Waals surface area contributed by atoms with Crippen molar-refractivity contribution in [3.8, 4) is 0 Å². The van der Waals surface area contributed by atoms with Crippen molar-refractivity contribution < 1.29 is 9.59 Å². The number of nitrogens with two attached hydrogens (primary N) is 2.